The maximum Gasteiger partial charge on any atom is 0.338 e. The van der Waals surface area contributed by atoms with Crippen molar-refractivity contribution in [2.75, 3.05) is 18.1 Å². The van der Waals surface area contributed by atoms with Gasteiger partial charge in [-0.15, -0.1) is 0 Å². The average Bonchev–Trinajstić information content (AvgIpc) is 3.46. The summed E-state index contributed by atoms with van der Waals surface area (Å²) in [6, 6.07) is 10.3. The molecule has 32 heavy (non-hydrogen) atoms. The van der Waals surface area contributed by atoms with Crippen LogP contribution in [0.2, 0.25) is 10.0 Å². The number of carbonyl (C=O) groups is 1. The van der Waals surface area contributed by atoms with Crippen LogP contribution in [0.15, 0.2) is 54.6 Å². The monoisotopic (exact) mass is 465 g/mol. The van der Waals surface area contributed by atoms with Crippen molar-refractivity contribution in [2.24, 2.45) is 11.8 Å². The van der Waals surface area contributed by atoms with Gasteiger partial charge in [0.25, 0.3) is 0 Å². The highest BCUT2D eigenvalue weighted by Crippen LogP contribution is 2.59. The maximum absolute atomic E-state index is 12.7. The van der Waals surface area contributed by atoms with Crippen LogP contribution in [0.5, 0.6) is 0 Å². The molecule has 5 heteroatoms. The molecule has 2 aromatic rings. The summed E-state index contributed by atoms with van der Waals surface area (Å²) in [5.74, 6) is 1.21. The van der Waals surface area contributed by atoms with E-state index < -0.39 is 0 Å². The number of carbonyl (C=O) groups excluding carboxylic acids is 1. The van der Waals surface area contributed by atoms with Crippen molar-refractivity contribution in [3.05, 3.63) is 86.9 Å². The van der Waals surface area contributed by atoms with E-state index in [2.05, 4.69) is 47.4 Å². The van der Waals surface area contributed by atoms with Crippen LogP contribution < -0.4 is 4.90 Å². The molecular formula is C27H25Cl2NO2. The van der Waals surface area contributed by atoms with Gasteiger partial charge in [0.05, 0.1) is 28.3 Å². The molecule has 0 saturated heterocycles. The van der Waals surface area contributed by atoms with Crippen LogP contribution in [0.4, 0.5) is 5.69 Å². The van der Waals surface area contributed by atoms with Crippen LogP contribution in [0.1, 0.15) is 64.7 Å². The molecule has 0 bridgehead atoms. The summed E-state index contributed by atoms with van der Waals surface area (Å²) in [6.45, 7) is 3.21. The number of halogens is 2. The van der Waals surface area contributed by atoms with Crippen molar-refractivity contribution in [1.29, 1.82) is 0 Å². The Kier molecular flexibility index (Phi) is 4.89. The molecule has 164 valence electrons. The van der Waals surface area contributed by atoms with E-state index in [0.29, 0.717) is 40.0 Å². The van der Waals surface area contributed by atoms with Gasteiger partial charge in [-0.3, -0.25) is 0 Å². The first kappa shape index (κ1) is 20.4. The van der Waals surface area contributed by atoms with Gasteiger partial charge in [0.15, 0.2) is 0 Å². The Morgan fingerprint density at radius 3 is 2.62 bits per heavy atom. The summed E-state index contributed by atoms with van der Waals surface area (Å²) in [5, 5.41) is 1.26. The van der Waals surface area contributed by atoms with E-state index in [9.17, 15) is 4.79 Å². The van der Waals surface area contributed by atoms with E-state index in [-0.39, 0.29) is 17.9 Å². The molecule has 0 saturated carbocycles. The van der Waals surface area contributed by atoms with Crippen LogP contribution >= 0.6 is 23.2 Å². The third-order valence-electron chi connectivity index (χ3n) is 7.66. The molecule has 0 amide bonds. The highest BCUT2D eigenvalue weighted by atomic mass is 35.5. The lowest BCUT2D eigenvalue weighted by atomic mass is 9.70. The molecule has 6 rings (SSSR count). The van der Waals surface area contributed by atoms with Crippen LogP contribution in [0, 0.1) is 11.8 Å². The van der Waals surface area contributed by atoms with E-state index in [1.165, 1.54) is 16.8 Å². The number of ether oxygens (including phenoxy) is 1. The average molecular weight is 466 g/mol. The number of fused-ring (bicyclic) bond motifs is 4. The first-order valence-electron chi connectivity index (χ1n) is 11.5. The third-order valence-corrected chi connectivity index (χ3v) is 8.49. The maximum atomic E-state index is 12.7. The van der Waals surface area contributed by atoms with Gasteiger partial charge in [-0.25, -0.2) is 4.79 Å². The molecular weight excluding hydrogens is 441 g/mol. The van der Waals surface area contributed by atoms with Crippen molar-refractivity contribution in [2.45, 2.75) is 37.6 Å². The molecule has 2 aromatic carbocycles. The van der Waals surface area contributed by atoms with Crippen LogP contribution in [0.25, 0.3) is 0 Å². The summed E-state index contributed by atoms with van der Waals surface area (Å²) in [5.41, 5.74) is 5.54. The Morgan fingerprint density at radius 1 is 1.06 bits per heavy atom. The Morgan fingerprint density at radius 2 is 1.81 bits per heavy atom. The van der Waals surface area contributed by atoms with Gasteiger partial charge in [-0.05, 0) is 66.5 Å². The fourth-order valence-electron chi connectivity index (χ4n) is 6.41. The molecule has 2 aliphatic heterocycles. The fraction of sp³-hybridized carbons (Fsp3) is 0.370. The fourth-order valence-corrected chi connectivity index (χ4v) is 6.83. The van der Waals surface area contributed by atoms with E-state index in [4.69, 9.17) is 27.9 Å². The number of hydrogen-bond donors (Lipinski definition) is 0. The predicted octanol–water partition coefficient (Wildman–Crippen LogP) is 7.06. The number of esters is 1. The zero-order chi connectivity index (χ0) is 22.0. The van der Waals surface area contributed by atoms with Crippen LogP contribution in [-0.4, -0.2) is 19.1 Å². The summed E-state index contributed by atoms with van der Waals surface area (Å²) in [6.07, 6.45) is 11.3. The van der Waals surface area contributed by atoms with Crippen LogP contribution in [0.3, 0.4) is 0 Å². The smallest absolute Gasteiger partial charge is 0.338 e. The van der Waals surface area contributed by atoms with Gasteiger partial charge in [0, 0.05) is 24.1 Å². The number of anilines is 1. The summed E-state index contributed by atoms with van der Waals surface area (Å²) >= 11 is 13.2. The van der Waals surface area contributed by atoms with Crippen molar-refractivity contribution in [3.8, 4) is 0 Å². The molecule has 2 heterocycles. The normalized spacial score (nSPS) is 29.0. The second-order valence-electron chi connectivity index (χ2n) is 9.27. The second kappa shape index (κ2) is 7.67. The zero-order valence-corrected chi connectivity index (χ0v) is 19.4. The summed E-state index contributed by atoms with van der Waals surface area (Å²) < 4.78 is 5.38. The number of nitrogens with zero attached hydrogens (tertiary/aromatic N) is 1. The highest BCUT2D eigenvalue weighted by Gasteiger charge is 2.48. The first-order chi connectivity index (χ1) is 15.6. The minimum atomic E-state index is -0.235. The number of benzene rings is 2. The molecule has 0 unspecified atom stereocenters. The van der Waals surface area contributed by atoms with E-state index in [0.717, 1.165) is 24.9 Å². The molecule has 5 atom stereocenters. The minimum absolute atomic E-state index is 0.155. The van der Waals surface area contributed by atoms with E-state index in [1.54, 1.807) is 0 Å². The molecule has 0 spiro atoms. The third kappa shape index (κ3) is 2.90. The first-order valence-corrected chi connectivity index (χ1v) is 12.2. The summed E-state index contributed by atoms with van der Waals surface area (Å²) in [7, 11) is 0. The number of hydrogen-bond acceptors (Lipinski definition) is 3. The van der Waals surface area contributed by atoms with Gasteiger partial charge in [-0.2, -0.15) is 0 Å². The van der Waals surface area contributed by atoms with Crippen molar-refractivity contribution in [1.82, 2.24) is 0 Å². The molecule has 0 N–H and O–H groups in total. The molecule has 0 radical (unpaired) electrons. The molecule has 0 aromatic heterocycles. The topological polar surface area (TPSA) is 29.5 Å². The van der Waals surface area contributed by atoms with Crippen LogP contribution in [-0.2, 0) is 4.74 Å². The van der Waals surface area contributed by atoms with Gasteiger partial charge in [-0.1, -0.05) is 59.6 Å². The lowest BCUT2D eigenvalue weighted by Gasteiger charge is -2.51. The quantitative estimate of drug-likeness (QED) is 0.358. The predicted molar refractivity (Wildman–Crippen MR) is 129 cm³/mol. The Bertz CT molecular complexity index is 1150. The van der Waals surface area contributed by atoms with Crippen molar-refractivity contribution in [3.63, 3.8) is 0 Å². The summed E-state index contributed by atoms with van der Waals surface area (Å²) in [4.78, 5) is 15.3. The molecule has 3 nitrogen and oxygen atoms in total. The lowest BCUT2D eigenvalue weighted by molar-refractivity contribution is 0.0526. The SMILES string of the molecule is CCOC(=O)c1cc2c3c(c1)[C@H]1C=CC[C@@H]1[C@H](c1cccc(Cl)c1Cl)N3C[C@H]1CC=C[C@H]21. The second-order valence-corrected chi connectivity index (χ2v) is 10.1. The van der Waals surface area contributed by atoms with Crippen molar-refractivity contribution < 1.29 is 9.53 Å². The highest BCUT2D eigenvalue weighted by molar-refractivity contribution is 6.42. The van der Waals surface area contributed by atoms with Gasteiger partial charge < -0.3 is 9.64 Å². The van der Waals surface area contributed by atoms with Gasteiger partial charge >= 0.3 is 5.97 Å². The largest absolute Gasteiger partial charge is 0.462 e. The molecule has 2 aliphatic carbocycles. The van der Waals surface area contributed by atoms with Crippen molar-refractivity contribution >= 4 is 34.9 Å². The molecule has 0 fully saturated rings. The van der Waals surface area contributed by atoms with E-state index in [1.807, 2.05) is 19.1 Å². The zero-order valence-electron chi connectivity index (χ0n) is 17.9. The molecule has 4 aliphatic rings. The number of allylic oxidation sites excluding steroid dienone is 4. The minimum Gasteiger partial charge on any atom is -0.462 e. The Hall–Kier alpha value is -2.23. The van der Waals surface area contributed by atoms with E-state index >= 15 is 0 Å². The standard InChI is InChI=1S/C27H25Cl2NO2/c1-2-32-27(31)16-12-21-17-7-3-6-15(17)14-30-25(20-10-5-11-23(28)24(20)29)19-9-4-8-18(19)22(13-16)26(21)30/h3-5,7-8,10-13,15,17-19,25H,2,6,9,14H2,1H3/t15-,17+,18+,19+,25-/m1/s1. The lowest BCUT2D eigenvalue weighted by Crippen LogP contribution is -2.46. The van der Waals surface area contributed by atoms with Gasteiger partial charge in [0.2, 0.25) is 0 Å². The van der Waals surface area contributed by atoms with Gasteiger partial charge in [0.1, 0.15) is 0 Å². The Labute approximate surface area is 198 Å². The Balaban J connectivity index is 1.58. The number of rotatable bonds is 3.